The lowest BCUT2D eigenvalue weighted by Crippen LogP contribution is -2.48. The Hall–Kier alpha value is -2.41. The SMILES string of the molecule is CC(C)(C)[C@H]1CCc2sc(C(=O)Nc3ccc(N4CCNC(=O)C4)nc3)cc2C1. The van der Waals surface area contributed by atoms with E-state index in [1.807, 2.05) is 17.0 Å². The predicted octanol–water partition coefficient (Wildman–Crippen LogP) is 3.48. The normalized spacial score (nSPS) is 19.5. The Labute approximate surface area is 175 Å². The quantitative estimate of drug-likeness (QED) is 0.809. The van der Waals surface area contributed by atoms with Crippen molar-refractivity contribution in [1.82, 2.24) is 10.3 Å². The number of amides is 2. The smallest absolute Gasteiger partial charge is 0.265 e. The van der Waals surface area contributed by atoms with E-state index in [-0.39, 0.29) is 11.8 Å². The molecule has 7 heteroatoms. The molecule has 2 aromatic heterocycles. The molecule has 0 aromatic carbocycles. The van der Waals surface area contributed by atoms with Gasteiger partial charge in [0.25, 0.3) is 5.91 Å². The van der Waals surface area contributed by atoms with Gasteiger partial charge in [-0.05, 0) is 54.4 Å². The molecule has 2 aliphatic rings. The highest BCUT2D eigenvalue weighted by atomic mass is 32.1. The molecule has 0 saturated carbocycles. The molecule has 1 aliphatic heterocycles. The maximum absolute atomic E-state index is 12.7. The zero-order valence-electron chi connectivity index (χ0n) is 17.2. The van der Waals surface area contributed by atoms with Crippen LogP contribution in [0.4, 0.5) is 11.5 Å². The van der Waals surface area contributed by atoms with E-state index in [2.05, 4.69) is 42.5 Å². The third kappa shape index (κ3) is 4.45. The number of nitrogens with one attached hydrogen (secondary N) is 2. The van der Waals surface area contributed by atoms with Crippen molar-refractivity contribution in [2.24, 2.45) is 11.3 Å². The van der Waals surface area contributed by atoms with Gasteiger partial charge in [-0.1, -0.05) is 20.8 Å². The molecule has 2 aromatic rings. The largest absolute Gasteiger partial charge is 0.353 e. The van der Waals surface area contributed by atoms with Crippen molar-refractivity contribution in [2.45, 2.75) is 40.0 Å². The number of aryl methyl sites for hydroxylation is 1. The Kier molecular flexibility index (Phi) is 5.34. The fraction of sp³-hybridized carbons (Fsp3) is 0.500. The molecule has 154 valence electrons. The second-order valence-corrected chi connectivity index (χ2v) is 10.1. The number of thiophene rings is 1. The van der Waals surface area contributed by atoms with Crippen LogP contribution in [-0.2, 0) is 17.6 Å². The number of hydrogen-bond acceptors (Lipinski definition) is 5. The monoisotopic (exact) mass is 412 g/mol. The van der Waals surface area contributed by atoms with Crippen molar-refractivity contribution < 1.29 is 9.59 Å². The fourth-order valence-electron chi connectivity index (χ4n) is 4.05. The van der Waals surface area contributed by atoms with E-state index in [0.29, 0.717) is 30.1 Å². The van der Waals surface area contributed by atoms with E-state index in [9.17, 15) is 9.59 Å². The summed E-state index contributed by atoms with van der Waals surface area (Å²) in [6, 6.07) is 5.76. The number of piperazine rings is 1. The lowest BCUT2D eigenvalue weighted by atomic mass is 9.72. The van der Waals surface area contributed by atoms with Gasteiger partial charge < -0.3 is 15.5 Å². The third-order valence-electron chi connectivity index (χ3n) is 5.90. The molecule has 0 unspecified atom stereocenters. The van der Waals surface area contributed by atoms with Crippen molar-refractivity contribution >= 4 is 34.7 Å². The minimum absolute atomic E-state index is 0.00536. The molecule has 2 N–H and O–H groups in total. The van der Waals surface area contributed by atoms with E-state index in [4.69, 9.17) is 0 Å². The van der Waals surface area contributed by atoms with E-state index in [0.717, 1.165) is 30.1 Å². The molecule has 1 saturated heterocycles. The number of nitrogens with zero attached hydrogens (tertiary/aromatic N) is 2. The van der Waals surface area contributed by atoms with Gasteiger partial charge in [-0.2, -0.15) is 0 Å². The Morgan fingerprint density at radius 1 is 1.34 bits per heavy atom. The summed E-state index contributed by atoms with van der Waals surface area (Å²) in [6.07, 6.45) is 4.97. The average molecular weight is 413 g/mol. The van der Waals surface area contributed by atoms with Crippen molar-refractivity contribution in [3.8, 4) is 0 Å². The van der Waals surface area contributed by atoms with Gasteiger partial charge in [0.05, 0.1) is 23.3 Å². The summed E-state index contributed by atoms with van der Waals surface area (Å²) in [7, 11) is 0. The Morgan fingerprint density at radius 3 is 2.86 bits per heavy atom. The second-order valence-electron chi connectivity index (χ2n) is 9.00. The van der Waals surface area contributed by atoms with Crippen LogP contribution in [0, 0.1) is 11.3 Å². The van der Waals surface area contributed by atoms with Gasteiger partial charge >= 0.3 is 0 Å². The molecule has 6 nitrogen and oxygen atoms in total. The summed E-state index contributed by atoms with van der Waals surface area (Å²) in [5, 5.41) is 5.76. The standard InChI is InChI=1S/C22H28N4O2S/c1-22(2,3)15-4-6-17-14(10-15)11-18(29-17)21(28)25-16-5-7-19(24-12-16)26-9-8-23-20(27)13-26/h5,7,11-12,15H,4,6,8-10,13H2,1-3H3,(H,23,27)(H,25,28)/t15-/m0/s1. The van der Waals surface area contributed by atoms with Crippen LogP contribution in [0.2, 0.25) is 0 Å². The molecule has 1 aliphatic carbocycles. The molecular formula is C22H28N4O2S. The molecular weight excluding hydrogens is 384 g/mol. The van der Waals surface area contributed by atoms with Gasteiger partial charge in [-0.15, -0.1) is 11.3 Å². The third-order valence-corrected chi connectivity index (χ3v) is 7.14. The first-order chi connectivity index (χ1) is 13.8. The number of carbonyl (C=O) groups excluding carboxylic acids is 2. The summed E-state index contributed by atoms with van der Waals surface area (Å²) >= 11 is 1.62. The van der Waals surface area contributed by atoms with Crippen LogP contribution >= 0.6 is 11.3 Å². The Bertz CT molecular complexity index is 914. The number of carbonyl (C=O) groups is 2. The number of anilines is 2. The summed E-state index contributed by atoms with van der Waals surface area (Å²) in [6.45, 7) is 8.58. The van der Waals surface area contributed by atoms with E-state index >= 15 is 0 Å². The lowest BCUT2D eigenvalue weighted by molar-refractivity contribution is -0.120. The maximum atomic E-state index is 12.7. The topological polar surface area (TPSA) is 74.3 Å². The summed E-state index contributed by atoms with van der Waals surface area (Å²) < 4.78 is 0. The van der Waals surface area contributed by atoms with Crippen LogP contribution < -0.4 is 15.5 Å². The van der Waals surface area contributed by atoms with Crippen LogP contribution in [0.1, 0.15) is 47.3 Å². The van der Waals surface area contributed by atoms with Crippen LogP contribution in [-0.4, -0.2) is 36.4 Å². The molecule has 3 heterocycles. The van der Waals surface area contributed by atoms with Gasteiger partial charge in [0.2, 0.25) is 5.91 Å². The van der Waals surface area contributed by atoms with Crippen molar-refractivity contribution in [3.05, 3.63) is 39.7 Å². The van der Waals surface area contributed by atoms with Gasteiger partial charge in [0.15, 0.2) is 0 Å². The number of fused-ring (bicyclic) bond motifs is 1. The van der Waals surface area contributed by atoms with Crippen molar-refractivity contribution in [2.75, 3.05) is 29.9 Å². The summed E-state index contributed by atoms with van der Waals surface area (Å²) in [5.74, 6) is 1.33. The molecule has 1 atom stereocenters. The summed E-state index contributed by atoms with van der Waals surface area (Å²) in [4.78, 5) is 32.8. The summed E-state index contributed by atoms with van der Waals surface area (Å²) in [5.41, 5.74) is 2.30. The van der Waals surface area contributed by atoms with Crippen LogP contribution in [0.25, 0.3) is 0 Å². The molecule has 0 bridgehead atoms. The zero-order valence-corrected chi connectivity index (χ0v) is 18.1. The molecule has 0 spiro atoms. The number of aromatic nitrogens is 1. The molecule has 4 rings (SSSR count). The number of rotatable bonds is 3. The second kappa shape index (κ2) is 7.78. The molecule has 2 amide bonds. The van der Waals surface area contributed by atoms with Gasteiger partial charge in [-0.25, -0.2) is 4.98 Å². The maximum Gasteiger partial charge on any atom is 0.265 e. The first-order valence-electron chi connectivity index (χ1n) is 10.2. The average Bonchev–Trinajstić information content (AvgIpc) is 3.11. The molecule has 29 heavy (non-hydrogen) atoms. The highest BCUT2D eigenvalue weighted by Crippen LogP contribution is 2.40. The van der Waals surface area contributed by atoms with Crippen LogP contribution in [0.5, 0.6) is 0 Å². The molecule has 1 fully saturated rings. The highest BCUT2D eigenvalue weighted by molar-refractivity contribution is 7.14. The van der Waals surface area contributed by atoms with Gasteiger partial charge in [0.1, 0.15) is 5.82 Å². The number of hydrogen-bond donors (Lipinski definition) is 2. The van der Waals surface area contributed by atoms with E-state index in [1.165, 1.54) is 16.9 Å². The fourth-order valence-corrected chi connectivity index (χ4v) is 5.15. The van der Waals surface area contributed by atoms with Gasteiger partial charge in [-0.3, -0.25) is 9.59 Å². The number of pyridine rings is 1. The van der Waals surface area contributed by atoms with Crippen molar-refractivity contribution in [1.29, 1.82) is 0 Å². The van der Waals surface area contributed by atoms with Gasteiger partial charge in [0, 0.05) is 18.0 Å². The van der Waals surface area contributed by atoms with Crippen LogP contribution in [0.15, 0.2) is 24.4 Å². The first-order valence-corrected chi connectivity index (χ1v) is 11.0. The Morgan fingerprint density at radius 2 is 2.17 bits per heavy atom. The minimum Gasteiger partial charge on any atom is -0.353 e. The predicted molar refractivity (Wildman–Crippen MR) is 117 cm³/mol. The minimum atomic E-state index is -0.0800. The van der Waals surface area contributed by atoms with Crippen LogP contribution in [0.3, 0.4) is 0 Å². The van der Waals surface area contributed by atoms with Crippen molar-refractivity contribution in [3.63, 3.8) is 0 Å². The lowest BCUT2D eigenvalue weighted by Gasteiger charge is -2.33. The van der Waals surface area contributed by atoms with E-state index < -0.39 is 0 Å². The highest BCUT2D eigenvalue weighted by Gasteiger charge is 2.30. The molecule has 0 radical (unpaired) electrons. The first kappa shape index (κ1) is 19.9. The zero-order chi connectivity index (χ0) is 20.6. The Balaban J connectivity index is 1.41. The van der Waals surface area contributed by atoms with E-state index in [1.54, 1.807) is 17.5 Å².